The van der Waals surface area contributed by atoms with E-state index in [4.69, 9.17) is 0 Å². The summed E-state index contributed by atoms with van der Waals surface area (Å²) in [6.45, 7) is 2.75. The van der Waals surface area contributed by atoms with Crippen LogP contribution in [-0.2, 0) is 11.0 Å². The number of rotatable bonds is 4. The number of piperidine rings is 1. The molecule has 2 amide bonds. The Bertz CT molecular complexity index is 895. The van der Waals surface area contributed by atoms with E-state index in [0.29, 0.717) is 37.2 Å². The molecule has 3 rings (SSSR count). The summed E-state index contributed by atoms with van der Waals surface area (Å²) in [4.78, 5) is 28.8. The molecule has 0 saturated carbocycles. The van der Waals surface area contributed by atoms with Gasteiger partial charge in [-0.15, -0.1) is 0 Å². The van der Waals surface area contributed by atoms with Crippen LogP contribution in [0.4, 0.5) is 23.2 Å². The molecule has 1 fully saturated rings. The van der Waals surface area contributed by atoms with E-state index in [-0.39, 0.29) is 18.4 Å². The van der Waals surface area contributed by atoms with E-state index in [9.17, 15) is 27.2 Å². The van der Waals surface area contributed by atoms with E-state index < -0.39 is 23.5 Å². The maximum absolute atomic E-state index is 13.1. The first-order valence-corrected chi connectivity index (χ1v) is 9.74. The van der Waals surface area contributed by atoms with Crippen LogP contribution < -0.4 is 4.90 Å². The Morgan fingerprint density at radius 3 is 2.27 bits per heavy atom. The van der Waals surface area contributed by atoms with Crippen LogP contribution in [0.15, 0.2) is 48.5 Å². The van der Waals surface area contributed by atoms with Crippen LogP contribution in [0.3, 0.4) is 0 Å². The van der Waals surface area contributed by atoms with Crippen molar-refractivity contribution < 1.29 is 27.2 Å². The first kappa shape index (κ1) is 21.8. The number of amides is 2. The van der Waals surface area contributed by atoms with Gasteiger partial charge in [0.1, 0.15) is 5.82 Å². The van der Waals surface area contributed by atoms with Gasteiger partial charge in [-0.25, -0.2) is 4.39 Å². The topological polar surface area (TPSA) is 40.6 Å². The van der Waals surface area contributed by atoms with Gasteiger partial charge in [-0.05, 0) is 68.3 Å². The summed E-state index contributed by atoms with van der Waals surface area (Å²) >= 11 is 0. The monoisotopic (exact) mass is 422 g/mol. The largest absolute Gasteiger partial charge is 0.416 e. The minimum absolute atomic E-state index is 0.214. The third-order valence-corrected chi connectivity index (χ3v) is 5.24. The molecule has 8 heteroatoms. The smallest absolute Gasteiger partial charge is 0.338 e. The highest BCUT2D eigenvalue weighted by atomic mass is 19.4. The average molecular weight is 422 g/mol. The number of hydrogen-bond donors (Lipinski definition) is 0. The summed E-state index contributed by atoms with van der Waals surface area (Å²) in [7, 11) is 0. The highest BCUT2D eigenvalue weighted by Crippen LogP contribution is 2.31. The quantitative estimate of drug-likeness (QED) is 0.668. The van der Waals surface area contributed by atoms with Gasteiger partial charge >= 0.3 is 6.18 Å². The summed E-state index contributed by atoms with van der Waals surface area (Å²) in [5.74, 6) is -1.39. The number of hydrogen-bond acceptors (Lipinski definition) is 2. The fourth-order valence-corrected chi connectivity index (χ4v) is 3.65. The van der Waals surface area contributed by atoms with Crippen molar-refractivity contribution >= 4 is 17.5 Å². The molecular formula is C22H22F4N2O2. The molecule has 0 N–H and O–H groups in total. The Morgan fingerprint density at radius 2 is 1.70 bits per heavy atom. The van der Waals surface area contributed by atoms with Crippen molar-refractivity contribution in [3.63, 3.8) is 0 Å². The van der Waals surface area contributed by atoms with E-state index in [1.807, 2.05) is 0 Å². The number of benzene rings is 2. The van der Waals surface area contributed by atoms with E-state index in [1.165, 1.54) is 41.3 Å². The van der Waals surface area contributed by atoms with Crippen LogP contribution in [0.1, 0.15) is 35.7 Å². The second kappa shape index (κ2) is 8.85. The zero-order chi connectivity index (χ0) is 21.9. The van der Waals surface area contributed by atoms with Crippen molar-refractivity contribution in [3.05, 3.63) is 65.5 Å². The molecule has 4 nitrogen and oxygen atoms in total. The molecule has 160 valence electrons. The Balaban J connectivity index is 1.72. The minimum Gasteiger partial charge on any atom is -0.338 e. The van der Waals surface area contributed by atoms with Gasteiger partial charge in [0.25, 0.3) is 5.91 Å². The molecule has 0 bridgehead atoms. The van der Waals surface area contributed by atoms with Gasteiger partial charge in [0, 0.05) is 30.9 Å². The highest BCUT2D eigenvalue weighted by molar-refractivity contribution is 5.97. The lowest BCUT2D eigenvalue weighted by Crippen LogP contribution is -2.47. The lowest BCUT2D eigenvalue weighted by Gasteiger charge is -2.35. The number of likely N-dealkylation sites (tertiary alicyclic amines) is 1. The summed E-state index contributed by atoms with van der Waals surface area (Å²) in [5.41, 5.74) is -0.0411. The molecule has 0 radical (unpaired) electrons. The molecule has 1 heterocycles. The number of halogens is 4. The molecule has 1 unspecified atom stereocenters. The predicted octanol–water partition coefficient (Wildman–Crippen LogP) is 4.75. The Labute approximate surface area is 172 Å². The number of alkyl halides is 3. The lowest BCUT2D eigenvalue weighted by molar-refractivity contribution is -0.137. The van der Waals surface area contributed by atoms with Crippen molar-refractivity contribution in [2.75, 3.05) is 24.5 Å². The standard InChI is InChI=1S/C22H22F4N2O2/c1-2-28(19-11-7-17(8-12-19)22(24,25)26)21(30)16-4-3-13-27(14-16)20(29)15-5-9-18(23)10-6-15/h5-12,16H,2-4,13-14H2,1H3. The molecule has 2 aromatic carbocycles. The second-order valence-electron chi connectivity index (χ2n) is 7.22. The van der Waals surface area contributed by atoms with Gasteiger partial charge in [0.05, 0.1) is 11.5 Å². The van der Waals surface area contributed by atoms with Gasteiger partial charge in [0.15, 0.2) is 0 Å². The van der Waals surface area contributed by atoms with Gasteiger partial charge in [-0.3, -0.25) is 9.59 Å². The Morgan fingerprint density at radius 1 is 1.07 bits per heavy atom. The zero-order valence-corrected chi connectivity index (χ0v) is 16.5. The van der Waals surface area contributed by atoms with Crippen LogP contribution in [0.25, 0.3) is 0 Å². The summed E-state index contributed by atoms with van der Waals surface area (Å²) in [6.07, 6.45) is -3.22. The molecule has 1 aliphatic heterocycles. The fourth-order valence-electron chi connectivity index (χ4n) is 3.65. The molecule has 1 aliphatic rings. The number of nitrogens with zero attached hydrogens (tertiary/aromatic N) is 2. The summed E-state index contributed by atoms with van der Waals surface area (Å²) in [5, 5.41) is 0. The lowest BCUT2D eigenvalue weighted by atomic mass is 9.95. The summed E-state index contributed by atoms with van der Waals surface area (Å²) in [6, 6.07) is 9.72. The SMILES string of the molecule is CCN(C(=O)C1CCCN(C(=O)c2ccc(F)cc2)C1)c1ccc(C(F)(F)F)cc1. The predicted molar refractivity (Wildman–Crippen MR) is 104 cm³/mol. The van der Waals surface area contributed by atoms with E-state index in [0.717, 1.165) is 12.1 Å². The third kappa shape index (κ3) is 4.80. The van der Waals surface area contributed by atoms with Crippen LogP contribution in [-0.4, -0.2) is 36.3 Å². The highest BCUT2D eigenvalue weighted by Gasteiger charge is 2.33. The van der Waals surface area contributed by atoms with Crippen molar-refractivity contribution in [1.82, 2.24) is 4.90 Å². The first-order valence-electron chi connectivity index (χ1n) is 9.74. The molecule has 0 aromatic heterocycles. The minimum atomic E-state index is -4.44. The van der Waals surface area contributed by atoms with Crippen molar-refractivity contribution in [3.8, 4) is 0 Å². The van der Waals surface area contributed by atoms with Crippen molar-refractivity contribution in [2.45, 2.75) is 25.9 Å². The van der Waals surface area contributed by atoms with Gasteiger partial charge in [-0.1, -0.05) is 0 Å². The normalized spacial score (nSPS) is 17.0. The van der Waals surface area contributed by atoms with Crippen LogP contribution >= 0.6 is 0 Å². The fraction of sp³-hybridized carbons (Fsp3) is 0.364. The molecule has 0 aliphatic carbocycles. The van der Waals surface area contributed by atoms with Gasteiger partial charge < -0.3 is 9.80 Å². The van der Waals surface area contributed by atoms with Crippen molar-refractivity contribution in [1.29, 1.82) is 0 Å². The molecule has 0 spiro atoms. The third-order valence-electron chi connectivity index (χ3n) is 5.24. The second-order valence-corrected chi connectivity index (χ2v) is 7.22. The maximum atomic E-state index is 13.1. The number of anilines is 1. The maximum Gasteiger partial charge on any atom is 0.416 e. The molecule has 30 heavy (non-hydrogen) atoms. The number of carbonyl (C=O) groups is 2. The van der Waals surface area contributed by atoms with E-state index >= 15 is 0 Å². The van der Waals surface area contributed by atoms with Crippen LogP contribution in [0, 0.1) is 11.7 Å². The van der Waals surface area contributed by atoms with Gasteiger partial charge in [0.2, 0.25) is 5.91 Å². The molecule has 1 saturated heterocycles. The van der Waals surface area contributed by atoms with Gasteiger partial charge in [-0.2, -0.15) is 13.2 Å². The zero-order valence-electron chi connectivity index (χ0n) is 16.5. The van der Waals surface area contributed by atoms with Crippen molar-refractivity contribution in [2.24, 2.45) is 5.92 Å². The summed E-state index contributed by atoms with van der Waals surface area (Å²) < 4.78 is 51.5. The first-order chi connectivity index (χ1) is 14.2. The number of carbonyl (C=O) groups excluding carboxylic acids is 2. The van der Waals surface area contributed by atoms with E-state index in [1.54, 1.807) is 11.8 Å². The van der Waals surface area contributed by atoms with Crippen LogP contribution in [0.2, 0.25) is 0 Å². The Hall–Kier alpha value is -2.90. The molecule has 2 aromatic rings. The molecule has 1 atom stereocenters. The van der Waals surface area contributed by atoms with Crippen LogP contribution in [0.5, 0.6) is 0 Å². The average Bonchev–Trinajstić information content (AvgIpc) is 2.74. The molecular weight excluding hydrogens is 400 g/mol. The Kier molecular flexibility index (Phi) is 6.43. The van der Waals surface area contributed by atoms with E-state index in [2.05, 4.69) is 0 Å².